The minimum absolute atomic E-state index is 0.145. The van der Waals surface area contributed by atoms with Gasteiger partial charge in [-0.05, 0) is 39.0 Å². The van der Waals surface area contributed by atoms with E-state index in [2.05, 4.69) is 11.5 Å². The summed E-state index contributed by atoms with van der Waals surface area (Å²) < 4.78 is 0. The zero-order valence-electron chi connectivity index (χ0n) is 17.9. The van der Waals surface area contributed by atoms with E-state index < -0.39 is 5.91 Å². The molecule has 1 rings (SSSR count). The van der Waals surface area contributed by atoms with Crippen LogP contribution in [0.1, 0.15) is 12.8 Å². The summed E-state index contributed by atoms with van der Waals surface area (Å²) in [4.78, 5) is 42.5. The van der Waals surface area contributed by atoms with Crippen LogP contribution in [0.3, 0.4) is 0 Å². The van der Waals surface area contributed by atoms with Crippen LogP contribution in [0.15, 0.2) is 12.3 Å². The van der Waals surface area contributed by atoms with Gasteiger partial charge in [-0.1, -0.05) is 6.58 Å². The molecule has 0 aromatic carbocycles. The van der Waals surface area contributed by atoms with Crippen molar-refractivity contribution in [2.75, 3.05) is 78.5 Å². The second-order valence-corrected chi connectivity index (χ2v) is 7.87. The Balaban J connectivity index is 2.87. The number of carbonyl (C=O) groups excluding carboxylic acids is 3. The lowest BCUT2D eigenvalue weighted by atomic mass is 10.2. The lowest BCUT2D eigenvalue weighted by Crippen LogP contribution is -2.46. The third-order valence-electron chi connectivity index (χ3n) is 4.93. The zero-order chi connectivity index (χ0) is 22.5. The van der Waals surface area contributed by atoms with E-state index in [1.807, 2.05) is 14.7 Å². The molecule has 1 fully saturated rings. The molecular formula is C19H38N8O3. The van der Waals surface area contributed by atoms with Crippen LogP contribution in [0.4, 0.5) is 0 Å². The fourth-order valence-electron chi connectivity index (χ4n) is 3.63. The van der Waals surface area contributed by atoms with Gasteiger partial charge in [0.1, 0.15) is 0 Å². The van der Waals surface area contributed by atoms with Gasteiger partial charge >= 0.3 is 0 Å². The molecule has 0 unspecified atom stereocenters. The number of nitrogens with zero attached hydrogens (tertiary/aromatic N) is 4. The van der Waals surface area contributed by atoms with Gasteiger partial charge in [0.2, 0.25) is 17.7 Å². The number of rotatable bonds is 8. The molecule has 1 heterocycles. The molecule has 0 bridgehead atoms. The first kappa shape index (κ1) is 25.8. The highest BCUT2D eigenvalue weighted by Gasteiger charge is 2.17. The summed E-state index contributed by atoms with van der Waals surface area (Å²) in [7, 11) is 0. The predicted molar refractivity (Wildman–Crippen MR) is 116 cm³/mol. The third-order valence-corrected chi connectivity index (χ3v) is 4.93. The van der Waals surface area contributed by atoms with Gasteiger partial charge in [-0.2, -0.15) is 0 Å². The van der Waals surface area contributed by atoms with Crippen molar-refractivity contribution in [1.82, 2.24) is 19.6 Å². The number of amides is 3. The standard InChI is InChI=1S/C19H38N8O3/c1-16(20)12-24-4-2-5-26(14-18(22)29)10-11-27(15-19(23)30)7-3-6-25(9-8-24)13-17(21)28/h1-15,20H2,(H2,21,28)(H2,22,29)(H2,23,30). The third kappa shape index (κ3) is 12.4. The largest absolute Gasteiger partial charge is 0.401 e. The van der Waals surface area contributed by atoms with E-state index in [1.54, 1.807) is 0 Å². The van der Waals surface area contributed by atoms with E-state index in [1.165, 1.54) is 0 Å². The molecule has 172 valence electrons. The summed E-state index contributed by atoms with van der Waals surface area (Å²) >= 11 is 0. The Morgan fingerprint density at radius 2 is 0.800 bits per heavy atom. The molecule has 0 aliphatic carbocycles. The van der Waals surface area contributed by atoms with Crippen LogP contribution in [0.5, 0.6) is 0 Å². The highest BCUT2D eigenvalue weighted by Crippen LogP contribution is 2.03. The van der Waals surface area contributed by atoms with E-state index >= 15 is 0 Å². The van der Waals surface area contributed by atoms with Crippen LogP contribution in [0.2, 0.25) is 0 Å². The van der Waals surface area contributed by atoms with Crippen LogP contribution in [-0.4, -0.2) is 116 Å². The SMILES string of the molecule is C=C(N)CN1CCCN(CC(N)=O)CCN(CC(N)=O)CCCN(CC(N)=O)CC1. The maximum Gasteiger partial charge on any atom is 0.231 e. The van der Waals surface area contributed by atoms with Gasteiger partial charge in [0.25, 0.3) is 0 Å². The summed E-state index contributed by atoms with van der Waals surface area (Å²) in [6.45, 7) is 10.2. The molecule has 1 aliphatic rings. The summed E-state index contributed by atoms with van der Waals surface area (Å²) in [5.74, 6) is -1.15. The Bertz CT molecular complexity index is 488. The highest BCUT2D eigenvalue weighted by atomic mass is 16.2. The first-order valence-electron chi connectivity index (χ1n) is 10.3. The Morgan fingerprint density at radius 3 is 1.03 bits per heavy atom. The number of hydrogen-bond acceptors (Lipinski definition) is 8. The second kappa shape index (κ2) is 13.9. The molecule has 0 radical (unpaired) electrons. The van der Waals surface area contributed by atoms with Gasteiger partial charge in [0.15, 0.2) is 0 Å². The molecule has 30 heavy (non-hydrogen) atoms. The van der Waals surface area contributed by atoms with Crippen LogP contribution in [0, 0.1) is 0 Å². The fourth-order valence-corrected chi connectivity index (χ4v) is 3.63. The number of hydrogen-bond donors (Lipinski definition) is 4. The Morgan fingerprint density at radius 1 is 0.533 bits per heavy atom. The second-order valence-electron chi connectivity index (χ2n) is 7.87. The van der Waals surface area contributed by atoms with Crippen LogP contribution >= 0.6 is 0 Å². The Hall–Kier alpha value is -2.21. The van der Waals surface area contributed by atoms with Crippen molar-refractivity contribution < 1.29 is 14.4 Å². The summed E-state index contributed by atoms with van der Waals surface area (Å²) in [6, 6.07) is 0. The van der Waals surface area contributed by atoms with E-state index in [0.717, 1.165) is 19.4 Å². The molecule has 1 aliphatic heterocycles. The van der Waals surface area contributed by atoms with Crippen molar-refractivity contribution in [3.63, 3.8) is 0 Å². The molecule has 0 atom stereocenters. The summed E-state index contributed by atoms with van der Waals surface area (Å²) in [6.07, 6.45) is 1.56. The van der Waals surface area contributed by atoms with Gasteiger partial charge in [0, 0.05) is 38.4 Å². The average molecular weight is 427 g/mol. The normalized spacial score (nSPS) is 19.7. The van der Waals surface area contributed by atoms with E-state index in [0.29, 0.717) is 58.1 Å². The van der Waals surface area contributed by atoms with Crippen molar-refractivity contribution in [2.24, 2.45) is 22.9 Å². The van der Waals surface area contributed by atoms with Crippen molar-refractivity contribution in [2.45, 2.75) is 12.8 Å². The lowest BCUT2D eigenvalue weighted by Gasteiger charge is -2.31. The molecule has 11 heteroatoms. The van der Waals surface area contributed by atoms with Crippen LogP contribution in [0.25, 0.3) is 0 Å². The lowest BCUT2D eigenvalue weighted by molar-refractivity contribution is -0.120. The Labute approximate surface area is 178 Å². The minimum Gasteiger partial charge on any atom is -0.401 e. The van der Waals surface area contributed by atoms with Crippen molar-refractivity contribution in [1.29, 1.82) is 0 Å². The van der Waals surface area contributed by atoms with Gasteiger partial charge in [-0.25, -0.2) is 0 Å². The quantitative estimate of drug-likeness (QED) is 0.317. The number of primary amides is 3. The zero-order valence-corrected chi connectivity index (χ0v) is 17.9. The molecule has 1 saturated heterocycles. The Kier molecular flexibility index (Phi) is 12.0. The molecule has 3 amide bonds. The fraction of sp³-hybridized carbons (Fsp3) is 0.737. The minimum atomic E-state index is -0.399. The maximum absolute atomic E-state index is 11.5. The van der Waals surface area contributed by atoms with Gasteiger partial charge in [-0.15, -0.1) is 0 Å². The van der Waals surface area contributed by atoms with E-state index in [4.69, 9.17) is 22.9 Å². The van der Waals surface area contributed by atoms with Gasteiger partial charge in [-0.3, -0.25) is 34.0 Å². The highest BCUT2D eigenvalue weighted by molar-refractivity contribution is 5.76. The monoisotopic (exact) mass is 426 g/mol. The van der Waals surface area contributed by atoms with Gasteiger partial charge in [0.05, 0.1) is 19.6 Å². The average Bonchev–Trinajstić information content (AvgIpc) is 2.60. The predicted octanol–water partition coefficient (Wildman–Crippen LogP) is -3.08. The van der Waals surface area contributed by atoms with Crippen molar-refractivity contribution in [3.8, 4) is 0 Å². The van der Waals surface area contributed by atoms with Gasteiger partial charge < -0.3 is 22.9 Å². The smallest absolute Gasteiger partial charge is 0.231 e. The number of nitrogens with two attached hydrogens (primary N) is 4. The van der Waals surface area contributed by atoms with Crippen LogP contribution in [-0.2, 0) is 14.4 Å². The number of carbonyl (C=O) groups is 3. The molecule has 0 spiro atoms. The summed E-state index contributed by atoms with van der Waals surface area (Å²) in [5, 5.41) is 0. The molecule has 0 aromatic heterocycles. The molecular weight excluding hydrogens is 388 g/mol. The first-order chi connectivity index (χ1) is 14.2. The molecule has 8 N–H and O–H groups in total. The first-order valence-corrected chi connectivity index (χ1v) is 10.3. The topological polar surface area (TPSA) is 168 Å². The van der Waals surface area contributed by atoms with E-state index in [9.17, 15) is 14.4 Å². The summed E-state index contributed by atoms with van der Waals surface area (Å²) in [5.41, 5.74) is 22.6. The van der Waals surface area contributed by atoms with E-state index in [-0.39, 0.29) is 31.4 Å². The van der Waals surface area contributed by atoms with Crippen molar-refractivity contribution in [3.05, 3.63) is 12.3 Å². The molecule has 11 nitrogen and oxygen atoms in total. The maximum atomic E-state index is 11.5. The molecule has 0 saturated carbocycles. The van der Waals surface area contributed by atoms with Crippen LogP contribution < -0.4 is 22.9 Å². The van der Waals surface area contributed by atoms with Crippen molar-refractivity contribution >= 4 is 17.7 Å². The molecule has 0 aromatic rings.